The number of rotatable bonds is 10. The van der Waals surface area contributed by atoms with E-state index in [0.29, 0.717) is 0 Å². The first kappa shape index (κ1) is 23.5. The number of hydrogen-bond acceptors (Lipinski definition) is 4. The van der Waals surface area contributed by atoms with Crippen LogP contribution in [0, 0.1) is 0 Å². The average molecular weight is 453 g/mol. The largest absolute Gasteiger partial charge is 0.495 e. The van der Waals surface area contributed by atoms with Gasteiger partial charge in [-0.15, -0.1) is 0 Å². The smallest absolute Gasteiger partial charge is 0.251 e. The molecule has 1 amide bonds. The van der Waals surface area contributed by atoms with Crippen LogP contribution in [0.1, 0.15) is 34.8 Å². The van der Waals surface area contributed by atoms with E-state index in [1.54, 1.807) is 6.07 Å². The maximum absolute atomic E-state index is 12.9. The Labute approximate surface area is 189 Å². The molecule has 2 N–H and O–H groups in total. The quantitative estimate of drug-likeness (QED) is 0.488. The van der Waals surface area contributed by atoms with E-state index in [4.69, 9.17) is 4.74 Å². The molecule has 0 saturated carbocycles. The van der Waals surface area contributed by atoms with Crippen LogP contribution in [0.3, 0.4) is 0 Å². The van der Waals surface area contributed by atoms with Gasteiger partial charge in [-0.3, -0.25) is 4.79 Å². The summed E-state index contributed by atoms with van der Waals surface area (Å²) in [5, 5.41) is 2.95. The summed E-state index contributed by atoms with van der Waals surface area (Å²) in [6.45, 7) is 2.07. The molecule has 0 aliphatic rings. The number of ether oxygens (including phenoxy) is 1. The fraction of sp³-hybridized carbons (Fsp3) is 0.240. The lowest BCUT2D eigenvalue weighted by atomic mass is 10.1. The molecule has 7 heteroatoms. The second-order valence-electron chi connectivity index (χ2n) is 7.57. The molecule has 168 valence electrons. The summed E-state index contributed by atoms with van der Waals surface area (Å²) in [7, 11) is -2.49. The van der Waals surface area contributed by atoms with E-state index in [2.05, 4.69) is 22.2 Å². The van der Waals surface area contributed by atoms with Crippen molar-refractivity contribution in [1.29, 1.82) is 0 Å². The molecule has 1 unspecified atom stereocenters. The molecule has 3 aromatic rings. The lowest BCUT2D eigenvalue weighted by molar-refractivity contribution is 0.0938. The molecule has 0 bridgehead atoms. The SMILES string of the molecule is COc1ccc(C(=O)NC(C)CCc2ccccc2)cc1S(=O)(=O)NCc1ccccc1. The Kier molecular flexibility index (Phi) is 8.03. The van der Waals surface area contributed by atoms with Gasteiger partial charge in [0.15, 0.2) is 0 Å². The molecular weight excluding hydrogens is 424 g/mol. The molecule has 3 rings (SSSR count). The molecule has 0 aromatic heterocycles. The van der Waals surface area contributed by atoms with E-state index in [1.165, 1.54) is 24.8 Å². The summed E-state index contributed by atoms with van der Waals surface area (Å²) < 4.78 is 33.6. The first-order valence-electron chi connectivity index (χ1n) is 10.5. The van der Waals surface area contributed by atoms with Crippen LogP contribution in [0.25, 0.3) is 0 Å². The van der Waals surface area contributed by atoms with Crippen LogP contribution in [0.5, 0.6) is 5.75 Å². The molecule has 32 heavy (non-hydrogen) atoms. The predicted molar refractivity (Wildman–Crippen MR) is 125 cm³/mol. The fourth-order valence-corrected chi connectivity index (χ4v) is 4.50. The zero-order chi connectivity index (χ0) is 23.0. The standard InChI is InChI=1S/C25H28N2O4S/c1-19(13-14-20-9-5-3-6-10-20)27-25(28)22-15-16-23(31-2)24(17-22)32(29,30)26-18-21-11-7-4-8-12-21/h3-12,15-17,19,26H,13-14,18H2,1-2H3,(H,27,28). The number of hydrogen-bond donors (Lipinski definition) is 2. The highest BCUT2D eigenvalue weighted by Crippen LogP contribution is 2.25. The van der Waals surface area contributed by atoms with Crippen molar-refractivity contribution < 1.29 is 17.9 Å². The maximum atomic E-state index is 12.9. The Balaban J connectivity index is 1.69. The summed E-state index contributed by atoms with van der Waals surface area (Å²) in [4.78, 5) is 12.7. The summed E-state index contributed by atoms with van der Waals surface area (Å²) in [5.41, 5.74) is 2.30. The van der Waals surface area contributed by atoms with Crippen LogP contribution in [0.2, 0.25) is 0 Å². The summed E-state index contributed by atoms with van der Waals surface area (Å²) >= 11 is 0. The number of sulfonamides is 1. The number of amides is 1. The Bertz CT molecular complexity index is 1130. The molecule has 0 aliphatic carbocycles. The first-order valence-corrected chi connectivity index (χ1v) is 11.9. The van der Waals surface area contributed by atoms with E-state index in [9.17, 15) is 13.2 Å². The van der Waals surface area contributed by atoms with Crippen LogP contribution >= 0.6 is 0 Å². The molecule has 0 heterocycles. The third-order valence-electron chi connectivity index (χ3n) is 5.11. The van der Waals surface area contributed by atoms with E-state index in [1.807, 2.05) is 55.5 Å². The maximum Gasteiger partial charge on any atom is 0.251 e. The van der Waals surface area contributed by atoms with Gasteiger partial charge in [-0.25, -0.2) is 13.1 Å². The van der Waals surface area contributed by atoms with Gasteiger partial charge in [-0.05, 0) is 49.1 Å². The second kappa shape index (κ2) is 10.9. The van der Waals surface area contributed by atoms with Crippen LogP contribution in [0.15, 0.2) is 83.8 Å². The highest BCUT2D eigenvalue weighted by molar-refractivity contribution is 7.89. The number of nitrogens with one attached hydrogen (secondary N) is 2. The minimum absolute atomic E-state index is 0.0685. The van der Waals surface area contributed by atoms with Crippen molar-refractivity contribution in [3.8, 4) is 5.75 Å². The molecule has 0 fully saturated rings. The lowest BCUT2D eigenvalue weighted by Gasteiger charge is -2.16. The highest BCUT2D eigenvalue weighted by Gasteiger charge is 2.22. The third kappa shape index (κ3) is 6.42. The molecule has 0 aliphatic heterocycles. The molecule has 1 atom stereocenters. The summed E-state index contributed by atoms with van der Waals surface area (Å²) in [6.07, 6.45) is 1.61. The molecule has 3 aromatic carbocycles. The molecule has 0 radical (unpaired) electrons. The van der Waals surface area contributed by atoms with Crippen molar-refractivity contribution in [1.82, 2.24) is 10.0 Å². The number of aryl methyl sites for hydroxylation is 1. The summed E-state index contributed by atoms with van der Waals surface area (Å²) in [5.74, 6) is -0.146. The van der Waals surface area contributed by atoms with Crippen LogP contribution in [0.4, 0.5) is 0 Å². The van der Waals surface area contributed by atoms with E-state index >= 15 is 0 Å². The van der Waals surface area contributed by atoms with E-state index < -0.39 is 10.0 Å². The molecular formula is C25H28N2O4S. The number of methoxy groups -OCH3 is 1. The first-order chi connectivity index (χ1) is 15.4. The Morgan fingerprint density at radius 2 is 1.56 bits per heavy atom. The van der Waals surface area contributed by atoms with Gasteiger partial charge < -0.3 is 10.1 Å². The van der Waals surface area contributed by atoms with Gasteiger partial charge in [-0.1, -0.05) is 60.7 Å². The third-order valence-corrected chi connectivity index (χ3v) is 6.53. The van der Waals surface area contributed by atoms with Gasteiger partial charge in [-0.2, -0.15) is 0 Å². The van der Waals surface area contributed by atoms with Crippen LogP contribution in [-0.2, 0) is 23.0 Å². The molecule has 0 spiro atoms. The molecule has 0 saturated heterocycles. The van der Waals surface area contributed by atoms with Gasteiger partial charge in [0.2, 0.25) is 10.0 Å². The Hall–Kier alpha value is -3.16. The van der Waals surface area contributed by atoms with Crippen molar-refractivity contribution in [2.24, 2.45) is 0 Å². The van der Waals surface area contributed by atoms with Gasteiger partial charge in [0, 0.05) is 18.2 Å². The van der Waals surface area contributed by atoms with Crippen LogP contribution in [-0.4, -0.2) is 27.5 Å². The van der Waals surface area contributed by atoms with Crippen molar-refractivity contribution in [3.63, 3.8) is 0 Å². The number of benzene rings is 3. The fourth-order valence-electron chi connectivity index (χ4n) is 3.29. The van der Waals surface area contributed by atoms with Crippen molar-refractivity contribution in [2.75, 3.05) is 7.11 Å². The average Bonchev–Trinajstić information content (AvgIpc) is 2.82. The van der Waals surface area contributed by atoms with Gasteiger partial charge in [0.05, 0.1) is 7.11 Å². The van der Waals surface area contributed by atoms with E-state index in [0.717, 1.165) is 18.4 Å². The Morgan fingerprint density at radius 3 is 2.19 bits per heavy atom. The summed E-state index contributed by atoms with van der Waals surface area (Å²) in [6, 6.07) is 23.6. The Morgan fingerprint density at radius 1 is 0.938 bits per heavy atom. The van der Waals surface area contributed by atoms with Crippen molar-refractivity contribution >= 4 is 15.9 Å². The minimum atomic E-state index is -3.89. The van der Waals surface area contributed by atoms with Crippen LogP contribution < -0.4 is 14.8 Å². The zero-order valence-corrected chi connectivity index (χ0v) is 19.1. The lowest BCUT2D eigenvalue weighted by Crippen LogP contribution is -2.33. The minimum Gasteiger partial charge on any atom is -0.495 e. The highest BCUT2D eigenvalue weighted by atomic mass is 32.2. The van der Waals surface area contributed by atoms with Gasteiger partial charge in [0.1, 0.15) is 10.6 Å². The number of carbonyl (C=O) groups excluding carboxylic acids is 1. The van der Waals surface area contributed by atoms with Crippen molar-refractivity contribution in [3.05, 3.63) is 95.6 Å². The van der Waals surface area contributed by atoms with E-state index in [-0.39, 0.29) is 34.7 Å². The van der Waals surface area contributed by atoms with Gasteiger partial charge >= 0.3 is 0 Å². The predicted octanol–water partition coefficient (Wildman–Crippen LogP) is 3.92. The monoisotopic (exact) mass is 452 g/mol. The second-order valence-corrected chi connectivity index (χ2v) is 9.31. The van der Waals surface area contributed by atoms with Gasteiger partial charge in [0.25, 0.3) is 5.91 Å². The zero-order valence-electron chi connectivity index (χ0n) is 18.2. The topological polar surface area (TPSA) is 84.5 Å². The molecule has 6 nitrogen and oxygen atoms in total. The normalized spacial score (nSPS) is 12.2. The van der Waals surface area contributed by atoms with Crippen molar-refractivity contribution in [2.45, 2.75) is 37.2 Å². The number of carbonyl (C=O) groups is 1.